The summed E-state index contributed by atoms with van der Waals surface area (Å²) in [7, 11) is 0. The molecule has 102 valence electrons. The Hall–Kier alpha value is -1.74. The number of alkyl halides is 3. The summed E-state index contributed by atoms with van der Waals surface area (Å²) in [6.45, 7) is 1.58. The normalized spacial score (nSPS) is 10.9. The smallest absolute Gasteiger partial charge is 0.418 e. The Morgan fingerprint density at radius 1 is 1.47 bits per heavy atom. The lowest BCUT2D eigenvalue weighted by Crippen LogP contribution is -2.16. The molecule has 0 aliphatic carbocycles. The van der Waals surface area contributed by atoms with Crippen LogP contribution in [-0.2, 0) is 22.1 Å². The van der Waals surface area contributed by atoms with Gasteiger partial charge in [0.15, 0.2) is 0 Å². The van der Waals surface area contributed by atoms with Crippen LogP contribution in [0.25, 0.3) is 0 Å². The Balaban J connectivity index is 3.37. The van der Waals surface area contributed by atoms with Crippen molar-refractivity contribution in [3.63, 3.8) is 0 Å². The largest absolute Gasteiger partial charge is 0.466 e. The van der Waals surface area contributed by atoms with E-state index in [1.165, 1.54) is 6.92 Å². The molecule has 0 amide bonds. The molecule has 1 aromatic rings. The van der Waals surface area contributed by atoms with E-state index in [0.29, 0.717) is 0 Å². The highest BCUT2D eigenvalue weighted by atomic mass is 35.5. The number of halogens is 4. The summed E-state index contributed by atoms with van der Waals surface area (Å²) >= 11 is 5.52. The molecule has 0 saturated heterocycles. The minimum atomic E-state index is -4.74. The van der Waals surface area contributed by atoms with Crippen LogP contribution < -0.4 is 0 Å². The number of rotatable bonds is 3. The van der Waals surface area contributed by atoms with Crippen molar-refractivity contribution in [2.75, 3.05) is 6.61 Å². The number of esters is 1. The zero-order valence-corrected chi connectivity index (χ0v) is 10.6. The number of nitrogens with zero attached hydrogens (tertiary/aromatic N) is 1. The second kappa shape index (κ2) is 5.93. The molecule has 0 aliphatic heterocycles. The second-order valence-corrected chi connectivity index (χ2v) is 3.95. The minimum absolute atomic E-state index is 0.0443. The summed E-state index contributed by atoms with van der Waals surface area (Å²) in [5.41, 5.74) is -1.87. The van der Waals surface area contributed by atoms with Gasteiger partial charge in [-0.25, -0.2) is 0 Å². The second-order valence-electron chi connectivity index (χ2n) is 3.54. The first-order chi connectivity index (χ1) is 8.81. The van der Waals surface area contributed by atoms with E-state index < -0.39 is 34.7 Å². The molecular formula is C12H9ClF3NO2. The van der Waals surface area contributed by atoms with E-state index in [1.54, 1.807) is 6.07 Å². The van der Waals surface area contributed by atoms with Gasteiger partial charge in [0.25, 0.3) is 0 Å². The van der Waals surface area contributed by atoms with E-state index in [9.17, 15) is 18.0 Å². The third-order valence-corrected chi connectivity index (χ3v) is 2.61. The molecule has 1 aromatic carbocycles. The van der Waals surface area contributed by atoms with Gasteiger partial charge in [0.05, 0.1) is 35.2 Å². The first kappa shape index (κ1) is 15.3. The maximum atomic E-state index is 12.9. The maximum Gasteiger partial charge on any atom is 0.418 e. The van der Waals surface area contributed by atoms with E-state index in [4.69, 9.17) is 16.9 Å². The lowest BCUT2D eigenvalue weighted by molar-refractivity contribution is -0.143. The van der Waals surface area contributed by atoms with Crippen molar-refractivity contribution in [3.05, 3.63) is 33.8 Å². The maximum absolute atomic E-state index is 12.9. The predicted octanol–water partition coefficient (Wildman–Crippen LogP) is 3.34. The number of nitriles is 1. The molecule has 19 heavy (non-hydrogen) atoms. The highest BCUT2D eigenvalue weighted by Gasteiger charge is 2.37. The number of hydrogen-bond acceptors (Lipinski definition) is 3. The summed E-state index contributed by atoms with van der Waals surface area (Å²) in [5, 5.41) is 8.28. The standard InChI is InChI=1S/C12H9ClF3NO2/c1-2-19-10(18)5-8-7(6-17)3-4-9(13)11(8)12(14,15)16/h3-4H,2,5H2,1H3. The average Bonchev–Trinajstić information content (AvgIpc) is 2.27. The van der Waals surface area contributed by atoms with Crippen molar-refractivity contribution in [2.24, 2.45) is 0 Å². The molecule has 0 bridgehead atoms. The SMILES string of the molecule is CCOC(=O)Cc1c(C#N)ccc(Cl)c1C(F)(F)F. The van der Waals surface area contributed by atoms with Crippen LogP contribution in [0.2, 0.25) is 5.02 Å². The fourth-order valence-corrected chi connectivity index (χ4v) is 1.85. The quantitative estimate of drug-likeness (QED) is 0.803. The van der Waals surface area contributed by atoms with E-state index in [0.717, 1.165) is 12.1 Å². The molecule has 0 aliphatic rings. The zero-order valence-electron chi connectivity index (χ0n) is 9.84. The highest BCUT2D eigenvalue weighted by Crippen LogP contribution is 2.38. The molecule has 3 nitrogen and oxygen atoms in total. The topological polar surface area (TPSA) is 50.1 Å². The van der Waals surface area contributed by atoms with Crippen LogP contribution in [0.15, 0.2) is 12.1 Å². The van der Waals surface area contributed by atoms with Gasteiger partial charge in [-0.1, -0.05) is 11.6 Å². The third-order valence-electron chi connectivity index (χ3n) is 2.29. The molecule has 0 unspecified atom stereocenters. The van der Waals surface area contributed by atoms with Crippen LogP contribution in [0, 0.1) is 11.3 Å². The van der Waals surface area contributed by atoms with Crippen molar-refractivity contribution in [3.8, 4) is 6.07 Å². The monoisotopic (exact) mass is 291 g/mol. The molecule has 7 heteroatoms. The van der Waals surface area contributed by atoms with Crippen molar-refractivity contribution < 1.29 is 22.7 Å². The van der Waals surface area contributed by atoms with Gasteiger partial charge in [0.1, 0.15) is 0 Å². The fourth-order valence-electron chi connectivity index (χ4n) is 1.57. The molecular weight excluding hydrogens is 283 g/mol. The lowest BCUT2D eigenvalue weighted by atomic mass is 9.98. The van der Waals surface area contributed by atoms with Gasteiger partial charge in [0.2, 0.25) is 0 Å². The number of ether oxygens (including phenoxy) is 1. The van der Waals surface area contributed by atoms with E-state index in [1.807, 2.05) is 0 Å². The molecule has 0 N–H and O–H groups in total. The van der Waals surface area contributed by atoms with Crippen molar-refractivity contribution in [1.82, 2.24) is 0 Å². The molecule has 0 heterocycles. The molecule has 0 spiro atoms. The predicted molar refractivity (Wildman–Crippen MR) is 61.5 cm³/mol. The summed E-state index contributed by atoms with van der Waals surface area (Å²) in [6.07, 6.45) is -5.39. The van der Waals surface area contributed by atoms with E-state index >= 15 is 0 Å². The summed E-state index contributed by atoms with van der Waals surface area (Å²) < 4.78 is 43.3. The van der Waals surface area contributed by atoms with Gasteiger partial charge in [-0.3, -0.25) is 4.79 Å². The van der Waals surface area contributed by atoms with Gasteiger partial charge in [-0.2, -0.15) is 18.4 Å². The first-order valence-corrected chi connectivity index (χ1v) is 5.63. The Kier molecular flexibility index (Phi) is 4.78. The average molecular weight is 292 g/mol. The van der Waals surface area contributed by atoms with Crippen molar-refractivity contribution in [2.45, 2.75) is 19.5 Å². The molecule has 0 atom stereocenters. The zero-order chi connectivity index (χ0) is 14.6. The Morgan fingerprint density at radius 3 is 2.58 bits per heavy atom. The van der Waals surface area contributed by atoms with Crippen LogP contribution >= 0.6 is 11.6 Å². The number of carbonyl (C=O) groups excluding carboxylic acids is 1. The summed E-state index contributed by atoms with van der Waals surface area (Å²) in [4.78, 5) is 11.3. The fraction of sp³-hybridized carbons (Fsp3) is 0.333. The van der Waals surface area contributed by atoms with E-state index in [2.05, 4.69) is 4.74 Å². The van der Waals surface area contributed by atoms with Gasteiger partial charge >= 0.3 is 12.1 Å². The van der Waals surface area contributed by atoms with Gasteiger partial charge in [-0.15, -0.1) is 0 Å². The van der Waals surface area contributed by atoms with Crippen molar-refractivity contribution in [1.29, 1.82) is 5.26 Å². The van der Waals surface area contributed by atoms with Crippen molar-refractivity contribution >= 4 is 17.6 Å². The van der Waals surface area contributed by atoms with Gasteiger partial charge in [0, 0.05) is 0 Å². The Labute approximate surface area is 112 Å². The Morgan fingerprint density at radius 2 is 2.11 bits per heavy atom. The number of benzene rings is 1. The van der Waals surface area contributed by atoms with Crippen LogP contribution in [-0.4, -0.2) is 12.6 Å². The molecule has 0 radical (unpaired) electrons. The minimum Gasteiger partial charge on any atom is -0.466 e. The first-order valence-electron chi connectivity index (χ1n) is 5.25. The highest BCUT2D eigenvalue weighted by molar-refractivity contribution is 6.31. The number of carbonyl (C=O) groups is 1. The van der Waals surface area contributed by atoms with Crippen LogP contribution in [0.5, 0.6) is 0 Å². The van der Waals surface area contributed by atoms with Crippen LogP contribution in [0.4, 0.5) is 13.2 Å². The lowest BCUT2D eigenvalue weighted by Gasteiger charge is -2.15. The summed E-state index contributed by atoms with van der Waals surface area (Å²) in [6, 6.07) is 3.75. The summed E-state index contributed by atoms with van der Waals surface area (Å²) in [5.74, 6) is -0.841. The molecule has 1 rings (SSSR count). The molecule has 0 saturated carbocycles. The molecule has 0 aromatic heterocycles. The molecule has 0 fully saturated rings. The van der Waals surface area contributed by atoms with Gasteiger partial charge < -0.3 is 4.74 Å². The van der Waals surface area contributed by atoms with Gasteiger partial charge in [-0.05, 0) is 24.6 Å². The van der Waals surface area contributed by atoms with E-state index in [-0.39, 0.29) is 12.2 Å². The third kappa shape index (κ3) is 3.61. The number of hydrogen-bond donors (Lipinski definition) is 0. The van der Waals surface area contributed by atoms with Crippen LogP contribution in [0.3, 0.4) is 0 Å². The Bertz CT molecular complexity index is 535. The van der Waals surface area contributed by atoms with Crippen LogP contribution in [0.1, 0.15) is 23.6 Å².